The summed E-state index contributed by atoms with van der Waals surface area (Å²) in [4.78, 5) is 4.09. The molecule has 0 spiro atoms. The molecule has 114 valence electrons. The van der Waals surface area contributed by atoms with E-state index in [-0.39, 0.29) is 6.61 Å². The van der Waals surface area contributed by atoms with E-state index in [9.17, 15) is 5.11 Å². The quantitative estimate of drug-likeness (QED) is 0.721. The van der Waals surface area contributed by atoms with Crippen LogP contribution in [0.5, 0.6) is 5.75 Å². The van der Waals surface area contributed by atoms with Gasteiger partial charge < -0.3 is 19.7 Å². The standard InChI is InChI=1S/C14H18ClN3O3/c1-10-17-14(21-18-10)6-7-16-8-12(19)9-20-13-4-2-11(15)3-5-13/h2-5,12,16,19H,6-9H2,1H3. The lowest BCUT2D eigenvalue weighted by atomic mass is 10.3. The molecule has 0 fully saturated rings. The highest BCUT2D eigenvalue weighted by atomic mass is 35.5. The van der Waals surface area contributed by atoms with E-state index >= 15 is 0 Å². The number of aryl methyl sites for hydroxylation is 1. The van der Waals surface area contributed by atoms with Crippen molar-refractivity contribution in [3.63, 3.8) is 0 Å². The average Bonchev–Trinajstić information content (AvgIpc) is 2.89. The number of hydrogen-bond acceptors (Lipinski definition) is 6. The molecule has 2 aromatic rings. The third kappa shape index (κ3) is 5.71. The first-order valence-electron chi connectivity index (χ1n) is 6.70. The molecule has 0 bridgehead atoms. The van der Waals surface area contributed by atoms with Crippen LogP contribution in [-0.2, 0) is 6.42 Å². The fourth-order valence-corrected chi connectivity index (χ4v) is 1.81. The Morgan fingerprint density at radius 2 is 2.14 bits per heavy atom. The van der Waals surface area contributed by atoms with Crippen LogP contribution >= 0.6 is 11.6 Å². The van der Waals surface area contributed by atoms with Gasteiger partial charge in [0.25, 0.3) is 0 Å². The molecule has 6 nitrogen and oxygen atoms in total. The molecular weight excluding hydrogens is 294 g/mol. The first-order chi connectivity index (χ1) is 10.1. The topological polar surface area (TPSA) is 80.4 Å². The minimum absolute atomic E-state index is 0.217. The van der Waals surface area contributed by atoms with E-state index in [0.29, 0.717) is 42.0 Å². The third-order valence-corrected chi connectivity index (χ3v) is 2.97. The molecule has 1 aromatic carbocycles. The van der Waals surface area contributed by atoms with Crippen LogP contribution in [0.2, 0.25) is 5.02 Å². The second-order valence-corrected chi connectivity index (χ2v) is 5.04. The average molecular weight is 312 g/mol. The maximum Gasteiger partial charge on any atom is 0.227 e. The van der Waals surface area contributed by atoms with Crippen molar-refractivity contribution in [1.82, 2.24) is 15.5 Å². The smallest absolute Gasteiger partial charge is 0.227 e. The molecule has 1 atom stereocenters. The monoisotopic (exact) mass is 311 g/mol. The Morgan fingerprint density at radius 3 is 2.81 bits per heavy atom. The fraction of sp³-hybridized carbons (Fsp3) is 0.429. The summed E-state index contributed by atoms with van der Waals surface area (Å²) in [5, 5.41) is 17.3. The Kier molecular flexibility index (Phi) is 5.98. The number of ether oxygens (including phenoxy) is 1. The van der Waals surface area contributed by atoms with Crippen molar-refractivity contribution in [3.8, 4) is 5.75 Å². The molecule has 2 N–H and O–H groups in total. The summed E-state index contributed by atoms with van der Waals surface area (Å²) in [7, 11) is 0. The van der Waals surface area contributed by atoms with Gasteiger partial charge in [0.2, 0.25) is 5.89 Å². The highest BCUT2D eigenvalue weighted by molar-refractivity contribution is 6.30. The molecule has 0 aliphatic rings. The molecule has 7 heteroatoms. The van der Waals surface area contributed by atoms with E-state index in [2.05, 4.69) is 15.5 Å². The number of aliphatic hydroxyl groups is 1. The summed E-state index contributed by atoms with van der Waals surface area (Å²) < 4.78 is 10.4. The number of rotatable bonds is 8. The van der Waals surface area contributed by atoms with Crippen LogP contribution in [-0.4, -0.2) is 41.0 Å². The van der Waals surface area contributed by atoms with Crippen molar-refractivity contribution < 1.29 is 14.4 Å². The highest BCUT2D eigenvalue weighted by Crippen LogP contribution is 2.15. The normalized spacial score (nSPS) is 12.3. The van der Waals surface area contributed by atoms with Gasteiger partial charge in [0.05, 0.1) is 0 Å². The summed E-state index contributed by atoms with van der Waals surface area (Å²) in [6.07, 6.45) is 0.0381. The van der Waals surface area contributed by atoms with E-state index in [4.69, 9.17) is 20.9 Å². The zero-order chi connectivity index (χ0) is 15.1. The molecule has 0 amide bonds. The van der Waals surface area contributed by atoms with E-state index < -0.39 is 6.10 Å². The van der Waals surface area contributed by atoms with Gasteiger partial charge in [0.1, 0.15) is 18.5 Å². The van der Waals surface area contributed by atoms with Gasteiger partial charge in [-0.25, -0.2) is 0 Å². The van der Waals surface area contributed by atoms with Crippen LogP contribution in [0.4, 0.5) is 0 Å². The predicted molar refractivity (Wildman–Crippen MR) is 78.6 cm³/mol. The molecule has 0 saturated heterocycles. The largest absolute Gasteiger partial charge is 0.491 e. The van der Waals surface area contributed by atoms with E-state index in [1.165, 1.54) is 0 Å². The van der Waals surface area contributed by atoms with Crippen LogP contribution in [0.3, 0.4) is 0 Å². The summed E-state index contributed by atoms with van der Waals surface area (Å²) in [6.45, 7) is 3.08. The predicted octanol–water partition coefficient (Wildman–Crippen LogP) is 1.60. The lowest BCUT2D eigenvalue weighted by Gasteiger charge is -2.13. The van der Waals surface area contributed by atoms with Gasteiger partial charge in [-0.1, -0.05) is 16.8 Å². The summed E-state index contributed by atoms with van der Waals surface area (Å²) in [6, 6.07) is 7.02. The number of hydrogen-bond donors (Lipinski definition) is 2. The number of benzene rings is 1. The van der Waals surface area contributed by atoms with Crippen molar-refractivity contribution in [3.05, 3.63) is 41.0 Å². The Labute approximate surface area is 128 Å². The van der Waals surface area contributed by atoms with Crippen molar-refractivity contribution in [2.45, 2.75) is 19.4 Å². The maximum atomic E-state index is 9.80. The number of nitrogens with one attached hydrogen (secondary N) is 1. The molecule has 21 heavy (non-hydrogen) atoms. The number of aliphatic hydroxyl groups excluding tert-OH is 1. The van der Waals surface area contributed by atoms with Gasteiger partial charge in [0.15, 0.2) is 5.82 Å². The Hall–Kier alpha value is -1.63. The molecule has 0 radical (unpaired) electrons. The van der Waals surface area contributed by atoms with Gasteiger partial charge in [0, 0.05) is 24.5 Å². The Balaban J connectivity index is 1.59. The Bertz CT molecular complexity index is 545. The van der Waals surface area contributed by atoms with Crippen LogP contribution in [0.15, 0.2) is 28.8 Å². The molecule has 2 rings (SSSR count). The van der Waals surface area contributed by atoms with E-state index in [0.717, 1.165) is 0 Å². The highest BCUT2D eigenvalue weighted by Gasteiger charge is 2.06. The molecular formula is C14H18ClN3O3. The molecule has 0 saturated carbocycles. The van der Waals surface area contributed by atoms with Crippen LogP contribution in [0, 0.1) is 6.92 Å². The van der Waals surface area contributed by atoms with Gasteiger partial charge in [-0.3, -0.25) is 0 Å². The second-order valence-electron chi connectivity index (χ2n) is 4.61. The van der Waals surface area contributed by atoms with Crippen molar-refractivity contribution in [2.24, 2.45) is 0 Å². The van der Waals surface area contributed by atoms with Gasteiger partial charge in [-0.05, 0) is 31.2 Å². The van der Waals surface area contributed by atoms with Crippen LogP contribution < -0.4 is 10.1 Å². The minimum atomic E-state index is -0.593. The van der Waals surface area contributed by atoms with Gasteiger partial charge in [-0.2, -0.15) is 4.98 Å². The lowest BCUT2D eigenvalue weighted by molar-refractivity contribution is 0.106. The zero-order valence-corrected chi connectivity index (χ0v) is 12.5. The molecule has 0 aliphatic carbocycles. The minimum Gasteiger partial charge on any atom is -0.491 e. The lowest BCUT2D eigenvalue weighted by Crippen LogP contribution is -2.32. The third-order valence-electron chi connectivity index (χ3n) is 2.72. The summed E-state index contributed by atoms with van der Waals surface area (Å²) in [5.74, 6) is 1.90. The maximum absolute atomic E-state index is 9.80. The fourth-order valence-electron chi connectivity index (χ4n) is 1.69. The molecule has 1 aromatic heterocycles. The van der Waals surface area contributed by atoms with Gasteiger partial charge >= 0.3 is 0 Å². The second kappa shape index (κ2) is 7.97. The van der Waals surface area contributed by atoms with Crippen LogP contribution in [0.25, 0.3) is 0 Å². The SMILES string of the molecule is Cc1noc(CCNCC(O)COc2ccc(Cl)cc2)n1. The summed E-state index contributed by atoms with van der Waals surface area (Å²) in [5.41, 5.74) is 0. The van der Waals surface area contributed by atoms with Gasteiger partial charge in [-0.15, -0.1) is 0 Å². The first-order valence-corrected chi connectivity index (χ1v) is 7.07. The van der Waals surface area contributed by atoms with Crippen molar-refractivity contribution in [1.29, 1.82) is 0 Å². The number of halogens is 1. The van der Waals surface area contributed by atoms with Crippen LogP contribution in [0.1, 0.15) is 11.7 Å². The van der Waals surface area contributed by atoms with Crippen molar-refractivity contribution in [2.75, 3.05) is 19.7 Å². The first kappa shape index (κ1) is 15.8. The molecule has 1 unspecified atom stereocenters. The zero-order valence-electron chi connectivity index (χ0n) is 11.8. The number of aromatic nitrogens is 2. The molecule has 1 heterocycles. The van der Waals surface area contributed by atoms with E-state index in [1.54, 1.807) is 31.2 Å². The Morgan fingerprint density at radius 1 is 1.38 bits per heavy atom. The van der Waals surface area contributed by atoms with E-state index in [1.807, 2.05) is 0 Å². The molecule has 0 aliphatic heterocycles. The number of nitrogens with zero attached hydrogens (tertiary/aromatic N) is 2. The summed E-state index contributed by atoms with van der Waals surface area (Å²) >= 11 is 5.78. The van der Waals surface area contributed by atoms with Crippen molar-refractivity contribution >= 4 is 11.6 Å².